The molecule has 1 unspecified atom stereocenters. The first-order chi connectivity index (χ1) is 7.67. The van der Waals surface area contributed by atoms with Crippen LogP contribution in [0.3, 0.4) is 0 Å². The van der Waals surface area contributed by atoms with Gasteiger partial charge in [-0.15, -0.1) is 0 Å². The molecule has 0 amide bonds. The van der Waals surface area contributed by atoms with Gasteiger partial charge in [0.15, 0.2) is 0 Å². The number of carbonyl (C=O) groups excluding carboxylic acids is 1. The largest absolute Gasteiger partial charge is 0.480 e. The first-order valence-electron chi connectivity index (χ1n) is 5.08. The second-order valence-electron chi connectivity index (χ2n) is 4.40. The van der Waals surface area contributed by atoms with Crippen LogP contribution >= 0.6 is 10.9 Å². The molecule has 0 spiro atoms. The number of hydrogen-bond donors (Lipinski definition) is 3. The highest BCUT2D eigenvalue weighted by Crippen LogP contribution is 2.29. The fourth-order valence-corrected chi connectivity index (χ4v) is 2.43. The molecule has 2 atom stereocenters. The van der Waals surface area contributed by atoms with E-state index in [1.165, 1.54) is 0 Å². The summed E-state index contributed by atoms with van der Waals surface area (Å²) >= 11 is 0. The maximum absolute atomic E-state index is 11.8. The number of aliphatic carboxylic acids is 1. The molecule has 0 saturated heterocycles. The van der Waals surface area contributed by atoms with E-state index < -0.39 is 33.8 Å². The van der Waals surface area contributed by atoms with Gasteiger partial charge in [-0.25, -0.2) is 4.79 Å². The maximum atomic E-state index is 11.8. The van der Waals surface area contributed by atoms with Crippen molar-refractivity contribution >= 4 is 22.2 Å². The van der Waals surface area contributed by atoms with Crippen LogP contribution in [0, 0.1) is 11.2 Å². The van der Waals surface area contributed by atoms with Crippen LogP contribution < -0.4 is 5.73 Å². The Morgan fingerprint density at radius 3 is 2.35 bits per heavy atom. The molecule has 0 aromatic rings. The van der Waals surface area contributed by atoms with Gasteiger partial charge >= 0.3 is 11.3 Å². The molecule has 0 aliphatic rings. The third-order valence-corrected chi connectivity index (χ3v) is 3.34. The molecule has 0 heterocycles. The van der Waals surface area contributed by atoms with Crippen molar-refractivity contribution < 1.29 is 19.4 Å². The zero-order valence-corrected chi connectivity index (χ0v) is 11.4. The number of hydrogen-bond acceptors (Lipinski definition) is 4. The highest BCUT2D eigenvalue weighted by molar-refractivity contribution is 8.33. The Kier molecular flexibility index (Phi) is 6.07. The molecule has 0 bridgehead atoms. The summed E-state index contributed by atoms with van der Waals surface area (Å²) in [5, 5.41) is 10.9. The summed E-state index contributed by atoms with van der Waals surface area (Å²) < 4.78 is 5.17. The third kappa shape index (κ3) is 6.87. The Bertz CT molecular complexity index is 351. The minimum Gasteiger partial charge on any atom is -0.480 e. The molecule has 0 aliphatic heterocycles. The molecule has 98 valence electrons. The minimum absolute atomic E-state index is 0.0143. The van der Waals surface area contributed by atoms with Gasteiger partial charge in [0, 0.05) is 5.75 Å². The van der Waals surface area contributed by atoms with Crippen LogP contribution in [-0.2, 0) is 9.53 Å². The summed E-state index contributed by atoms with van der Waals surface area (Å²) in [5.74, 6) is 1.48. The molecule has 6 heteroatoms. The molecule has 5 nitrogen and oxygen atoms in total. The lowest BCUT2D eigenvalue weighted by molar-refractivity contribution is -0.137. The van der Waals surface area contributed by atoms with Crippen molar-refractivity contribution in [3.05, 3.63) is 0 Å². The van der Waals surface area contributed by atoms with Crippen LogP contribution in [0.15, 0.2) is 0 Å². The summed E-state index contributed by atoms with van der Waals surface area (Å²) in [5.41, 5.74) is 4.78. The Morgan fingerprint density at radius 1 is 1.47 bits per heavy atom. The molecule has 0 aliphatic carbocycles. The van der Waals surface area contributed by atoms with Gasteiger partial charge in [-0.3, -0.25) is 4.79 Å². The number of carbonyl (C=O) groups is 2. The van der Waals surface area contributed by atoms with Crippen molar-refractivity contribution in [1.82, 2.24) is 0 Å². The van der Waals surface area contributed by atoms with Crippen LogP contribution in [0.2, 0.25) is 0 Å². The number of carboxylic acids is 1. The van der Waals surface area contributed by atoms with E-state index in [0.29, 0.717) is 0 Å². The Hall–Kier alpha value is -1.19. The average molecular weight is 261 g/mol. The summed E-state index contributed by atoms with van der Waals surface area (Å²) in [7, 11) is -1.49. The highest BCUT2D eigenvalue weighted by atomic mass is 32.2. The second kappa shape index (κ2) is 6.52. The zero-order valence-electron chi connectivity index (χ0n) is 10.5. The van der Waals surface area contributed by atoms with E-state index in [1.54, 1.807) is 27.7 Å². The molecule has 0 radical (unpaired) electrons. The van der Waals surface area contributed by atoms with Crippen molar-refractivity contribution in [3.63, 3.8) is 0 Å². The van der Waals surface area contributed by atoms with Crippen molar-refractivity contribution in [1.29, 1.82) is 0 Å². The number of nitrogens with two attached hydrogens (primary N) is 1. The lowest BCUT2D eigenvalue weighted by atomic mass is 10.2. The number of ether oxygens (including phenoxy) is 1. The van der Waals surface area contributed by atoms with E-state index in [1.807, 2.05) is 0 Å². The fraction of sp³-hybridized carbons (Fsp3) is 0.636. The van der Waals surface area contributed by atoms with Crippen molar-refractivity contribution in [3.8, 4) is 11.2 Å². The monoisotopic (exact) mass is 261 g/mol. The van der Waals surface area contributed by atoms with Gasteiger partial charge < -0.3 is 15.6 Å². The quantitative estimate of drug-likeness (QED) is 0.405. The van der Waals surface area contributed by atoms with Crippen molar-refractivity contribution in [2.75, 3.05) is 5.75 Å². The van der Waals surface area contributed by atoms with E-state index in [4.69, 9.17) is 15.6 Å². The van der Waals surface area contributed by atoms with Gasteiger partial charge in [-0.05, 0) is 32.9 Å². The van der Waals surface area contributed by atoms with Crippen LogP contribution in [0.5, 0.6) is 0 Å². The van der Waals surface area contributed by atoms with Crippen LogP contribution in [-0.4, -0.2) is 33.8 Å². The summed E-state index contributed by atoms with van der Waals surface area (Å²) in [4.78, 5) is 22.4. The normalized spacial score (nSPS) is 15.2. The maximum Gasteiger partial charge on any atom is 0.358 e. The predicted octanol–water partition coefficient (Wildman–Crippen LogP) is 1.32. The second-order valence-corrected chi connectivity index (χ2v) is 6.21. The molecule has 0 rings (SSSR count). The zero-order chi connectivity index (χ0) is 13.6. The Balaban J connectivity index is 4.67. The first-order valence-corrected chi connectivity index (χ1v) is 6.61. The van der Waals surface area contributed by atoms with Crippen LogP contribution in [0.25, 0.3) is 0 Å². The SMILES string of the molecule is CC#C[SH](C[C@H](N)C(=O)O)C(=O)OC(C)(C)C. The van der Waals surface area contributed by atoms with E-state index in [2.05, 4.69) is 11.2 Å². The lowest BCUT2D eigenvalue weighted by Gasteiger charge is -2.24. The van der Waals surface area contributed by atoms with Gasteiger partial charge in [0.1, 0.15) is 11.6 Å². The van der Waals surface area contributed by atoms with Gasteiger partial charge in [0.05, 0.1) is 0 Å². The van der Waals surface area contributed by atoms with Crippen molar-refractivity contribution in [2.24, 2.45) is 5.73 Å². The molecule has 0 saturated carbocycles. The van der Waals surface area contributed by atoms with Gasteiger partial charge in [0.25, 0.3) is 0 Å². The molecule has 0 fully saturated rings. The third-order valence-electron chi connectivity index (χ3n) is 1.56. The van der Waals surface area contributed by atoms with E-state index in [9.17, 15) is 9.59 Å². The van der Waals surface area contributed by atoms with Gasteiger partial charge in [-0.1, -0.05) is 16.8 Å². The minimum atomic E-state index is -1.49. The van der Waals surface area contributed by atoms with Crippen molar-refractivity contribution in [2.45, 2.75) is 39.3 Å². The molecular weight excluding hydrogens is 242 g/mol. The smallest absolute Gasteiger partial charge is 0.358 e. The summed E-state index contributed by atoms with van der Waals surface area (Å²) in [6, 6.07) is -1.09. The number of rotatable bonds is 3. The fourth-order valence-electron chi connectivity index (χ4n) is 0.893. The number of thiol groups is 1. The average Bonchev–Trinajstić information content (AvgIpc) is 2.13. The van der Waals surface area contributed by atoms with Crippen LogP contribution in [0.1, 0.15) is 27.7 Å². The first kappa shape index (κ1) is 15.8. The number of carboxylic acid groups (broad SMARTS) is 1. The Labute approximate surface area is 104 Å². The van der Waals surface area contributed by atoms with Gasteiger partial charge in [-0.2, -0.15) is 0 Å². The lowest BCUT2D eigenvalue weighted by Crippen LogP contribution is -2.35. The summed E-state index contributed by atoms with van der Waals surface area (Å²) in [6.07, 6.45) is 0. The molecule has 0 aromatic heterocycles. The highest BCUT2D eigenvalue weighted by Gasteiger charge is 2.24. The Morgan fingerprint density at radius 2 is 2.00 bits per heavy atom. The van der Waals surface area contributed by atoms with E-state index >= 15 is 0 Å². The molecule has 3 N–H and O–H groups in total. The molecule has 17 heavy (non-hydrogen) atoms. The molecular formula is C11H19NO4S. The summed E-state index contributed by atoms with van der Waals surface area (Å²) in [6.45, 7) is 6.82. The van der Waals surface area contributed by atoms with Gasteiger partial charge in [0.2, 0.25) is 0 Å². The van der Waals surface area contributed by atoms with Crippen LogP contribution in [0.4, 0.5) is 4.79 Å². The topological polar surface area (TPSA) is 89.6 Å². The van der Waals surface area contributed by atoms with E-state index in [-0.39, 0.29) is 5.75 Å². The van der Waals surface area contributed by atoms with E-state index in [0.717, 1.165) is 0 Å². The predicted molar refractivity (Wildman–Crippen MR) is 69.1 cm³/mol. The molecule has 0 aromatic carbocycles. The standard InChI is InChI=1S/C11H19NO4S/c1-5-6-17(7-8(12)9(13)14)10(15)16-11(2,3)4/h8,17H,7,12H2,1-4H3,(H,13,14)/t8-/m0/s1.